The van der Waals surface area contributed by atoms with Crippen molar-refractivity contribution in [3.05, 3.63) is 11.6 Å². The smallest absolute Gasteiger partial charge is 0.410 e. The summed E-state index contributed by atoms with van der Waals surface area (Å²) in [6.07, 6.45) is 5.36. The van der Waals surface area contributed by atoms with Crippen LogP contribution in [0, 0.1) is 11.8 Å². The van der Waals surface area contributed by atoms with Gasteiger partial charge in [0.15, 0.2) is 0 Å². The SMILES string of the molecule is COC1C(OC(=O)N2CC(CCN3CCOCC3)C2)CCC2(CO2)C1C1(C)OC1CC=C(C)C. The number of morpholine rings is 1. The van der Waals surface area contributed by atoms with E-state index < -0.39 is 0 Å². The van der Waals surface area contributed by atoms with E-state index in [0.717, 1.165) is 78.2 Å². The van der Waals surface area contributed by atoms with Crippen molar-refractivity contribution in [2.24, 2.45) is 11.8 Å². The number of amides is 1. The molecule has 0 bridgehead atoms. The quantitative estimate of drug-likeness (QED) is 0.392. The molecule has 5 aliphatic rings. The maximum Gasteiger partial charge on any atom is 0.410 e. The Morgan fingerprint density at radius 2 is 1.94 bits per heavy atom. The molecule has 0 aromatic rings. The molecule has 5 rings (SSSR count). The molecule has 1 amide bonds. The predicted octanol–water partition coefficient (Wildman–Crippen LogP) is 2.85. The minimum absolute atomic E-state index is 0.0600. The summed E-state index contributed by atoms with van der Waals surface area (Å²) in [4.78, 5) is 17.2. The molecule has 1 aliphatic carbocycles. The van der Waals surface area contributed by atoms with Crippen molar-refractivity contribution in [2.45, 2.75) is 76.0 Å². The van der Waals surface area contributed by atoms with Crippen molar-refractivity contribution in [1.82, 2.24) is 9.80 Å². The van der Waals surface area contributed by atoms with Gasteiger partial charge in [-0.2, -0.15) is 0 Å². The minimum atomic E-state index is -0.310. The molecule has 0 aromatic heterocycles. The van der Waals surface area contributed by atoms with Gasteiger partial charge in [0.1, 0.15) is 23.4 Å². The van der Waals surface area contributed by atoms with Crippen LogP contribution < -0.4 is 0 Å². The van der Waals surface area contributed by atoms with Gasteiger partial charge in [-0.15, -0.1) is 0 Å². The average Bonchev–Trinajstić information content (AvgIpc) is 3.70. The first-order chi connectivity index (χ1) is 16.3. The molecule has 6 unspecified atom stereocenters. The Morgan fingerprint density at radius 1 is 1.21 bits per heavy atom. The first-order valence-corrected chi connectivity index (χ1v) is 13.1. The summed E-state index contributed by atoms with van der Waals surface area (Å²) in [6, 6.07) is 0. The van der Waals surface area contributed by atoms with Gasteiger partial charge in [-0.25, -0.2) is 4.79 Å². The second kappa shape index (κ2) is 9.69. The summed E-state index contributed by atoms with van der Waals surface area (Å²) in [7, 11) is 1.72. The highest BCUT2D eigenvalue weighted by molar-refractivity contribution is 5.69. The van der Waals surface area contributed by atoms with Crippen LogP contribution in [-0.2, 0) is 23.7 Å². The van der Waals surface area contributed by atoms with E-state index in [-0.39, 0.29) is 41.5 Å². The number of methoxy groups -OCH3 is 1. The van der Waals surface area contributed by atoms with Crippen LogP contribution in [0.4, 0.5) is 4.79 Å². The number of rotatable bonds is 8. The largest absolute Gasteiger partial charge is 0.443 e. The zero-order valence-corrected chi connectivity index (χ0v) is 21.3. The van der Waals surface area contributed by atoms with Crippen LogP contribution in [0.5, 0.6) is 0 Å². The van der Waals surface area contributed by atoms with Crippen LogP contribution >= 0.6 is 0 Å². The maximum absolute atomic E-state index is 12.9. The summed E-state index contributed by atoms with van der Waals surface area (Å²) in [5.74, 6) is 0.621. The van der Waals surface area contributed by atoms with Crippen LogP contribution in [0.15, 0.2) is 11.6 Å². The molecule has 4 heterocycles. The molecule has 1 saturated carbocycles. The van der Waals surface area contributed by atoms with Gasteiger partial charge in [0.25, 0.3) is 0 Å². The number of hydrogen-bond acceptors (Lipinski definition) is 7. The Bertz CT molecular complexity index is 769. The Labute approximate surface area is 203 Å². The van der Waals surface area contributed by atoms with Crippen molar-refractivity contribution in [1.29, 1.82) is 0 Å². The number of epoxide rings is 2. The van der Waals surface area contributed by atoms with Crippen molar-refractivity contribution >= 4 is 6.09 Å². The molecule has 5 fully saturated rings. The van der Waals surface area contributed by atoms with Gasteiger partial charge in [-0.1, -0.05) is 11.6 Å². The highest BCUT2D eigenvalue weighted by Crippen LogP contribution is 2.59. The van der Waals surface area contributed by atoms with E-state index in [1.165, 1.54) is 5.57 Å². The summed E-state index contributed by atoms with van der Waals surface area (Å²) in [5, 5.41) is 0. The zero-order valence-electron chi connectivity index (χ0n) is 21.3. The van der Waals surface area contributed by atoms with Crippen LogP contribution in [0.3, 0.4) is 0 Å². The number of ether oxygens (including phenoxy) is 5. The molecule has 192 valence electrons. The van der Waals surface area contributed by atoms with E-state index >= 15 is 0 Å². The van der Waals surface area contributed by atoms with Crippen LogP contribution in [0.2, 0.25) is 0 Å². The van der Waals surface area contributed by atoms with E-state index in [9.17, 15) is 4.79 Å². The molecule has 4 saturated heterocycles. The molecule has 0 radical (unpaired) electrons. The number of likely N-dealkylation sites (tertiary alicyclic amines) is 1. The third kappa shape index (κ3) is 4.89. The molecule has 8 heteroatoms. The lowest BCUT2D eigenvalue weighted by molar-refractivity contribution is -0.124. The van der Waals surface area contributed by atoms with Crippen LogP contribution in [0.1, 0.15) is 46.5 Å². The molecule has 1 spiro atoms. The monoisotopic (exact) mass is 478 g/mol. The normalized spacial score (nSPS) is 40.1. The standard InChI is InChI=1S/C26H42N2O6/c1-18(2)5-6-21-25(3,34-21)23-22(30-4)20(7-9-26(23)17-32-26)33-24(29)28-15-19(16-28)8-10-27-11-13-31-14-12-27/h5,19-23H,6-17H2,1-4H3. The van der Waals surface area contributed by atoms with Gasteiger partial charge in [0, 0.05) is 33.3 Å². The Hall–Kier alpha value is -1.19. The summed E-state index contributed by atoms with van der Waals surface area (Å²) >= 11 is 0. The van der Waals surface area contributed by atoms with Gasteiger partial charge >= 0.3 is 6.09 Å². The number of carbonyl (C=O) groups is 1. The lowest BCUT2D eigenvalue weighted by Gasteiger charge is -2.44. The third-order valence-electron chi connectivity index (χ3n) is 8.66. The van der Waals surface area contributed by atoms with Crippen molar-refractivity contribution in [3.8, 4) is 0 Å². The highest BCUT2D eigenvalue weighted by atomic mass is 16.6. The fourth-order valence-electron chi connectivity index (χ4n) is 6.37. The van der Waals surface area contributed by atoms with Gasteiger partial charge in [-0.05, 0) is 58.9 Å². The predicted molar refractivity (Wildman–Crippen MR) is 127 cm³/mol. The first-order valence-electron chi connectivity index (χ1n) is 13.1. The topological polar surface area (TPSA) is 76.3 Å². The van der Waals surface area contributed by atoms with Gasteiger partial charge in [0.2, 0.25) is 0 Å². The Morgan fingerprint density at radius 3 is 2.59 bits per heavy atom. The molecule has 0 N–H and O–H groups in total. The fraction of sp³-hybridized carbons (Fsp3) is 0.885. The summed E-state index contributed by atoms with van der Waals surface area (Å²) in [5.41, 5.74) is 0.793. The third-order valence-corrected chi connectivity index (χ3v) is 8.66. The second-order valence-electron chi connectivity index (χ2n) is 11.3. The molecule has 6 atom stereocenters. The van der Waals surface area contributed by atoms with E-state index in [1.54, 1.807) is 7.11 Å². The number of hydrogen-bond donors (Lipinski definition) is 0. The van der Waals surface area contributed by atoms with Crippen LogP contribution in [0.25, 0.3) is 0 Å². The molecule has 4 aliphatic heterocycles. The number of nitrogens with zero attached hydrogens (tertiary/aromatic N) is 2. The van der Waals surface area contributed by atoms with E-state index in [1.807, 2.05) is 4.90 Å². The van der Waals surface area contributed by atoms with E-state index in [0.29, 0.717) is 5.92 Å². The second-order valence-corrected chi connectivity index (χ2v) is 11.3. The average molecular weight is 479 g/mol. The number of allylic oxidation sites excluding steroid dienone is 1. The van der Waals surface area contributed by atoms with Crippen LogP contribution in [-0.4, -0.2) is 105 Å². The Kier molecular flexibility index (Phi) is 6.99. The summed E-state index contributed by atoms with van der Waals surface area (Å²) in [6.45, 7) is 13.5. The fourth-order valence-corrected chi connectivity index (χ4v) is 6.37. The zero-order chi connectivity index (χ0) is 23.9. The van der Waals surface area contributed by atoms with E-state index in [4.69, 9.17) is 23.7 Å². The van der Waals surface area contributed by atoms with E-state index in [2.05, 4.69) is 31.7 Å². The molecular weight excluding hydrogens is 436 g/mol. The molecule has 34 heavy (non-hydrogen) atoms. The molecule has 0 aromatic carbocycles. The summed E-state index contributed by atoms with van der Waals surface area (Å²) < 4.78 is 29.8. The molecular formula is C26H42N2O6. The lowest BCUT2D eigenvalue weighted by atomic mass is 9.68. The van der Waals surface area contributed by atoms with Crippen molar-refractivity contribution in [2.75, 3.05) is 59.7 Å². The van der Waals surface area contributed by atoms with Crippen molar-refractivity contribution in [3.63, 3.8) is 0 Å². The maximum atomic E-state index is 12.9. The highest BCUT2D eigenvalue weighted by Gasteiger charge is 2.72. The number of carbonyl (C=O) groups excluding carboxylic acids is 1. The minimum Gasteiger partial charge on any atom is -0.443 e. The van der Waals surface area contributed by atoms with Gasteiger partial charge in [0.05, 0.1) is 31.8 Å². The van der Waals surface area contributed by atoms with Crippen molar-refractivity contribution < 1.29 is 28.5 Å². The first kappa shape index (κ1) is 24.5. The van der Waals surface area contributed by atoms with Gasteiger partial charge < -0.3 is 28.6 Å². The molecule has 8 nitrogen and oxygen atoms in total. The lowest BCUT2D eigenvalue weighted by Crippen LogP contribution is -2.57. The Balaban J connectivity index is 1.14. The van der Waals surface area contributed by atoms with Gasteiger partial charge in [-0.3, -0.25) is 4.90 Å².